The molecule has 3 heteroatoms. The van der Waals surface area contributed by atoms with Gasteiger partial charge in [-0.25, -0.2) is 0 Å². The van der Waals surface area contributed by atoms with Gasteiger partial charge in [0, 0.05) is 5.56 Å². The molecule has 0 fully saturated rings. The van der Waals surface area contributed by atoms with E-state index >= 15 is 0 Å². The Balaban J connectivity index is 2.60. The fraction of sp³-hybridized carbons (Fsp3) is 0.462. The summed E-state index contributed by atoms with van der Waals surface area (Å²) in [5.74, 6) is -0.203. The third-order valence-electron chi connectivity index (χ3n) is 2.50. The summed E-state index contributed by atoms with van der Waals surface area (Å²) in [5, 5.41) is 8.89. The Bertz CT molecular complexity index is 324. The molecule has 0 bridgehead atoms. The molecule has 0 heterocycles. The van der Waals surface area contributed by atoms with Gasteiger partial charge in [0.2, 0.25) is 0 Å². The number of ketones is 1. The Morgan fingerprint density at radius 1 is 1.38 bits per heavy atom. The average molecular weight is 241 g/mol. The number of unbranched alkanes of at least 4 members (excludes halogenated alkanes) is 1. The molecule has 0 aromatic heterocycles. The molecular weight excluding hydrogens is 224 g/mol. The summed E-state index contributed by atoms with van der Waals surface area (Å²) < 4.78 is 0. The largest absolute Gasteiger partial charge is 0.391 e. The number of carbonyl (C=O) groups is 1. The number of alkyl halides is 1. The number of aliphatic hydroxyl groups is 1. The first-order valence-electron chi connectivity index (χ1n) is 5.58. The van der Waals surface area contributed by atoms with Crippen LogP contribution in [0.15, 0.2) is 30.3 Å². The van der Waals surface area contributed by atoms with Crippen molar-refractivity contribution >= 4 is 17.4 Å². The zero-order valence-corrected chi connectivity index (χ0v) is 10.2. The van der Waals surface area contributed by atoms with E-state index in [2.05, 4.69) is 0 Å². The lowest BCUT2D eigenvalue weighted by Gasteiger charge is -2.15. The van der Waals surface area contributed by atoms with Crippen LogP contribution in [0.2, 0.25) is 0 Å². The van der Waals surface area contributed by atoms with E-state index in [4.69, 9.17) is 11.6 Å². The topological polar surface area (TPSA) is 37.3 Å². The van der Waals surface area contributed by atoms with E-state index in [1.54, 1.807) is 24.3 Å². The van der Waals surface area contributed by atoms with E-state index in [9.17, 15) is 9.90 Å². The minimum Gasteiger partial charge on any atom is -0.391 e. The summed E-state index contributed by atoms with van der Waals surface area (Å²) in [6.07, 6.45) is 1.69. The fourth-order valence-electron chi connectivity index (χ4n) is 1.50. The fourth-order valence-corrected chi connectivity index (χ4v) is 1.75. The molecule has 1 aromatic rings. The van der Waals surface area contributed by atoms with Gasteiger partial charge in [-0.2, -0.15) is 0 Å². The standard InChI is InChI=1S/C13H17ClO2/c1-2-3-9-11(15)12(14)13(16)10-7-5-4-6-8-10/h4-8,11-12,15H,2-3,9H2,1H3/t11-,12-/m0/s1. The Morgan fingerprint density at radius 3 is 2.56 bits per heavy atom. The van der Waals surface area contributed by atoms with Gasteiger partial charge in [0.25, 0.3) is 0 Å². The highest BCUT2D eigenvalue weighted by Crippen LogP contribution is 2.15. The molecule has 1 aromatic carbocycles. The van der Waals surface area contributed by atoms with E-state index < -0.39 is 11.5 Å². The highest BCUT2D eigenvalue weighted by Gasteiger charge is 2.24. The van der Waals surface area contributed by atoms with Crippen LogP contribution in [0.25, 0.3) is 0 Å². The number of rotatable bonds is 6. The van der Waals surface area contributed by atoms with Crippen LogP contribution in [0.4, 0.5) is 0 Å². The molecule has 0 radical (unpaired) electrons. The van der Waals surface area contributed by atoms with Gasteiger partial charge >= 0.3 is 0 Å². The summed E-state index contributed by atoms with van der Waals surface area (Å²) >= 11 is 5.95. The van der Waals surface area contributed by atoms with Gasteiger partial charge in [-0.1, -0.05) is 50.1 Å². The summed E-state index contributed by atoms with van der Waals surface area (Å²) in [5.41, 5.74) is 0.554. The van der Waals surface area contributed by atoms with Crippen molar-refractivity contribution in [3.8, 4) is 0 Å². The number of halogens is 1. The maximum absolute atomic E-state index is 11.9. The molecule has 88 valence electrons. The van der Waals surface area contributed by atoms with Gasteiger partial charge in [0.15, 0.2) is 5.78 Å². The van der Waals surface area contributed by atoms with Crippen LogP contribution >= 0.6 is 11.6 Å². The van der Waals surface area contributed by atoms with Crippen molar-refractivity contribution in [1.29, 1.82) is 0 Å². The highest BCUT2D eigenvalue weighted by atomic mass is 35.5. The summed E-state index contributed by atoms with van der Waals surface area (Å²) in [6, 6.07) is 8.84. The maximum Gasteiger partial charge on any atom is 0.183 e. The minimum atomic E-state index is -0.839. The molecule has 0 unspecified atom stereocenters. The van der Waals surface area contributed by atoms with Crippen molar-refractivity contribution in [2.45, 2.75) is 37.7 Å². The molecule has 0 aliphatic rings. The van der Waals surface area contributed by atoms with E-state index in [1.165, 1.54) is 0 Å². The molecule has 1 N–H and O–H groups in total. The second-order valence-electron chi connectivity index (χ2n) is 3.84. The number of hydrogen-bond acceptors (Lipinski definition) is 2. The molecule has 0 saturated carbocycles. The second kappa shape index (κ2) is 6.66. The monoisotopic (exact) mass is 240 g/mol. The lowest BCUT2D eigenvalue weighted by molar-refractivity contribution is 0.0876. The highest BCUT2D eigenvalue weighted by molar-refractivity contribution is 6.34. The maximum atomic E-state index is 11.9. The van der Waals surface area contributed by atoms with Crippen molar-refractivity contribution in [1.82, 2.24) is 0 Å². The summed E-state index contributed by atoms with van der Waals surface area (Å²) in [7, 11) is 0. The predicted molar refractivity (Wildman–Crippen MR) is 65.9 cm³/mol. The molecule has 0 saturated heterocycles. The van der Waals surface area contributed by atoms with E-state index in [1.807, 2.05) is 13.0 Å². The van der Waals surface area contributed by atoms with Crippen LogP contribution < -0.4 is 0 Å². The first-order valence-corrected chi connectivity index (χ1v) is 6.02. The summed E-state index contributed by atoms with van der Waals surface area (Å²) in [4.78, 5) is 11.9. The zero-order chi connectivity index (χ0) is 12.0. The Hall–Kier alpha value is -0.860. The lowest BCUT2D eigenvalue weighted by atomic mass is 10.0. The zero-order valence-electron chi connectivity index (χ0n) is 9.40. The van der Waals surface area contributed by atoms with Crippen molar-refractivity contribution in [2.75, 3.05) is 0 Å². The average Bonchev–Trinajstić information content (AvgIpc) is 2.35. The quantitative estimate of drug-likeness (QED) is 0.613. The Labute approximate surface area is 101 Å². The van der Waals surface area contributed by atoms with E-state index in [-0.39, 0.29) is 5.78 Å². The van der Waals surface area contributed by atoms with E-state index in [0.29, 0.717) is 12.0 Å². The van der Waals surface area contributed by atoms with Crippen molar-refractivity contribution in [3.63, 3.8) is 0 Å². The van der Waals surface area contributed by atoms with Gasteiger partial charge in [-0.3, -0.25) is 4.79 Å². The Kier molecular flexibility index (Phi) is 5.50. The first-order chi connectivity index (χ1) is 7.66. The van der Waals surface area contributed by atoms with Gasteiger partial charge < -0.3 is 5.11 Å². The third-order valence-corrected chi connectivity index (χ3v) is 2.99. The number of Topliss-reactive ketones (excluding diaryl/α,β-unsaturated/α-hetero) is 1. The molecule has 2 nitrogen and oxygen atoms in total. The predicted octanol–water partition coefficient (Wildman–Crippen LogP) is 3.03. The third kappa shape index (κ3) is 3.62. The Morgan fingerprint density at radius 2 is 2.00 bits per heavy atom. The molecular formula is C13H17ClO2. The number of aliphatic hydroxyl groups excluding tert-OH is 1. The van der Waals surface area contributed by atoms with Crippen LogP contribution in [-0.2, 0) is 0 Å². The van der Waals surface area contributed by atoms with Gasteiger partial charge in [0.1, 0.15) is 5.38 Å². The molecule has 0 amide bonds. The molecule has 1 rings (SSSR count). The first kappa shape index (κ1) is 13.2. The van der Waals surface area contributed by atoms with Crippen LogP contribution in [0.3, 0.4) is 0 Å². The van der Waals surface area contributed by atoms with E-state index in [0.717, 1.165) is 12.8 Å². The lowest BCUT2D eigenvalue weighted by Crippen LogP contribution is -2.29. The van der Waals surface area contributed by atoms with Crippen molar-refractivity contribution in [3.05, 3.63) is 35.9 Å². The SMILES string of the molecule is CCCC[C@H](O)[C@H](Cl)C(=O)c1ccccc1. The number of benzene rings is 1. The van der Waals surface area contributed by atoms with Crippen molar-refractivity contribution < 1.29 is 9.90 Å². The normalized spacial score (nSPS) is 14.4. The van der Waals surface area contributed by atoms with Gasteiger partial charge in [0.05, 0.1) is 6.10 Å². The number of hydrogen-bond donors (Lipinski definition) is 1. The molecule has 0 aliphatic carbocycles. The van der Waals surface area contributed by atoms with Crippen LogP contribution in [0.1, 0.15) is 36.5 Å². The van der Waals surface area contributed by atoms with Gasteiger partial charge in [-0.05, 0) is 6.42 Å². The summed E-state index contributed by atoms with van der Waals surface area (Å²) in [6.45, 7) is 2.04. The minimum absolute atomic E-state index is 0.203. The van der Waals surface area contributed by atoms with Crippen molar-refractivity contribution in [2.24, 2.45) is 0 Å². The molecule has 0 spiro atoms. The van der Waals surface area contributed by atoms with Crippen LogP contribution in [0, 0.1) is 0 Å². The number of carbonyl (C=O) groups excluding carboxylic acids is 1. The molecule has 2 atom stereocenters. The van der Waals surface area contributed by atoms with Crippen LogP contribution in [-0.4, -0.2) is 22.4 Å². The second-order valence-corrected chi connectivity index (χ2v) is 4.31. The smallest absolute Gasteiger partial charge is 0.183 e. The molecule has 0 aliphatic heterocycles. The molecule has 16 heavy (non-hydrogen) atoms. The van der Waals surface area contributed by atoms with Gasteiger partial charge in [-0.15, -0.1) is 11.6 Å². The van der Waals surface area contributed by atoms with Crippen LogP contribution in [0.5, 0.6) is 0 Å².